The van der Waals surface area contributed by atoms with Gasteiger partial charge in [-0.05, 0) is 26.0 Å². The highest BCUT2D eigenvalue weighted by atomic mass is 15.3. The van der Waals surface area contributed by atoms with Gasteiger partial charge in [-0.3, -0.25) is 9.89 Å². The molecule has 1 heterocycles. The minimum absolute atomic E-state index is 0.447. The largest absolute Gasteiger partial charge is 0.370 e. The summed E-state index contributed by atoms with van der Waals surface area (Å²) in [6, 6.07) is 10.9. The number of likely N-dealkylation sites (N-methyl/N-ethyl adjacent to an activating group) is 1. The SMILES string of the molecule is CC(CN=C(N)NCCc1ccccc1)N1CCN(C)CC1. The molecule has 0 radical (unpaired) electrons. The smallest absolute Gasteiger partial charge is 0.188 e. The molecular formula is C17H29N5. The topological polar surface area (TPSA) is 56.9 Å². The molecule has 1 fully saturated rings. The molecule has 0 saturated carbocycles. The first-order valence-electron chi connectivity index (χ1n) is 8.15. The zero-order chi connectivity index (χ0) is 15.8. The van der Waals surface area contributed by atoms with Crippen LogP contribution in [-0.4, -0.2) is 68.1 Å². The van der Waals surface area contributed by atoms with Crippen molar-refractivity contribution in [1.29, 1.82) is 0 Å². The van der Waals surface area contributed by atoms with Crippen molar-refractivity contribution in [2.75, 3.05) is 46.3 Å². The van der Waals surface area contributed by atoms with Crippen molar-refractivity contribution in [2.45, 2.75) is 19.4 Å². The van der Waals surface area contributed by atoms with E-state index in [4.69, 9.17) is 5.73 Å². The van der Waals surface area contributed by atoms with Gasteiger partial charge in [0.15, 0.2) is 5.96 Å². The second-order valence-electron chi connectivity index (χ2n) is 6.08. The van der Waals surface area contributed by atoms with Crippen molar-refractivity contribution < 1.29 is 0 Å². The number of nitrogens with zero attached hydrogens (tertiary/aromatic N) is 3. The van der Waals surface area contributed by atoms with E-state index in [1.165, 1.54) is 5.56 Å². The molecule has 0 amide bonds. The van der Waals surface area contributed by atoms with Crippen LogP contribution < -0.4 is 11.1 Å². The van der Waals surface area contributed by atoms with Gasteiger partial charge in [0.1, 0.15) is 0 Å². The van der Waals surface area contributed by atoms with Crippen LogP contribution in [0.3, 0.4) is 0 Å². The van der Waals surface area contributed by atoms with E-state index in [-0.39, 0.29) is 0 Å². The standard InChI is InChI=1S/C17H29N5/c1-15(22-12-10-21(2)11-13-22)14-20-17(18)19-9-8-16-6-4-3-5-7-16/h3-7,15H,8-14H2,1-2H3,(H3,18,19,20). The number of hydrogen-bond acceptors (Lipinski definition) is 3. The van der Waals surface area contributed by atoms with Gasteiger partial charge in [0, 0.05) is 38.8 Å². The number of guanidine groups is 1. The molecule has 0 aliphatic carbocycles. The monoisotopic (exact) mass is 303 g/mol. The zero-order valence-corrected chi connectivity index (χ0v) is 13.8. The number of nitrogens with one attached hydrogen (secondary N) is 1. The number of nitrogens with two attached hydrogens (primary N) is 1. The third-order valence-electron chi connectivity index (χ3n) is 4.25. The number of piperazine rings is 1. The van der Waals surface area contributed by atoms with Crippen molar-refractivity contribution in [3.05, 3.63) is 35.9 Å². The average molecular weight is 303 g/mol. The summed E-state index contributed by atoms with van der Waals surface area (Å²) in [5.41, 5.74) is 7.26. The third kappa shape index (κ3) is 5.66. The molecule has 1 atom stereocenters. The van der Waals surface area contributed by atoms with E-state index in [2.05, 4.69) is 58.3 Å². The van der Waals surface area contributed by atoms with E-state index in [1.54, 1.807) is 0 Å². The van der Waals surface area contributed by atoms with Crippen molar-refractivity contribution in [1.82, 2.24) is 15.1 Å². The van der Waals surface area contributed by atoms with Crippen LogP contribution in [0.5, 0.6) is 0 Å². The van der Waals surface area contributed by atoms with Gasteiger partial charge in [-0.2, -0.15) is 0 Å². The molecule has 1 saturated heterocycles. The Kier molecular flexibility index (Phi) is 6.68. The van der Waals surface area contributed by atoms with E-state index in [9.17, 15) is 0 Å². The first kappa shape index (κ1) is 16.8. The van der Waals surface area contributed by atoms with Crippen LogP contribution in [-0.2, 0) is 6.42 Å². The number of aliphatic imine (C=N–C) groups is 1. The molecule has 122 valence electrons. The maximum Gasteiger partial charge on any atom is 0.188 e. The lowest BCUT2D eigenvalue weighted by Gasteiger charge is -2.35. The predicted octanol–water partition coefficient (Wildman–Crippen LogP) is 0.769. The molecule has 1 aliphatic rings. The molecule has 1 aromatic carbocycles. The van der Waals surface area contributed by atoms with Gasteiger partial charge in [0.2, 0.25) is 0 Å². The molecule has 2 rings (SSSR count). The Morgan fingerprint density at radius 2 is 1.91 bits per heavy atom. The van der Waals surface area contributed by atoms with Gasteiger partial charge in [0.25, 0.3) is 0 Å². The fraction of sp³-hybridized carbons (Fsp3) is 0.588. The van der Waals surface area contributed by atoms with Gasteiger partial charge in [0.05, 0.1) is 6.54 Å². The highest BCUT2D eigenvalue weighted by Crippen LogP contribution is 2.05. The minimum Gasteiger partial charge on any atom is -0.370 e. The summed E-state index contributed by atoms with van der Waals surface area (Å²) < 4.78 is 0. The molecule has 5 heteroatoms. The number of benzene rings is 1. The van der Waals surface area contributed by atoms with Crippen LogP contribution >= 0.6 is 0 Å². The quantitative estimate of drug-likeness (QED) is 0.602. The Bertz CT molecular complexity index is 451. The molecule has 1 unspecified atom stereocenters. The lowest BCUT2D eigenvalue weighted by Crippen LogP contribution is -2.49. The van der Waals surface area contributed by atoms with Crippen LogP contribution in [0.2, 0.25) is 0 Å². The second-order valence-corrected chi connectivity index (χ2v) is 6.08. The van der Waals surface area contributed by atoms with Crippen LogP contribution in [0.15, 0.2) is 35.3 Å². The lowest BCUT2D eigenvalue weighted by atomic mass is 10.1. The first-order chi connectivity index (χ1) is 10.6. The Morgan fingerprint density at radius 3 is 2.59 bits per heavy atom. The summed E-state index contributed by atoms with van der Waals surface area (Å²) in [5.74, 6) is 0.553. The Labute approximate surface area is 134 Å². The highest BCUT2D eigenvalue weighted by molar-refractivity contribution is 5.77. The van der Waals surface area contributed by atoms with Crippen LogP contribution in [0, 0.1) is 0 Å². The number of rotatable bonds is 6. The first-order valence-corrected chi connectivity index (χ1v) is 8.15. The fourth-order valence-corrected chi connectivity index (χ4v) is 2.64. The Hall–Kier alpha value is -1.59. The van der Waals surface area contributed by atoms with Crippen molar-refractivity contribution in [3.8, 4) is 0 Å². The van der Waals surface area contributed by atoms with Gasteiger partial charge in [-0.25, -0.2) is 0 Å². The minimum atomic E-state index is 0.447. The maximum absolute atomic E-state index is 5.95. The van der Waals surface area contributed by atoms with Gasteiger partial charge < -0.3 is 16.0 Å². The van der Waals surface area contributed by atoms with E-state index in [0.717, 1.165) is 45.7 Å². The second kappa shape index (κ2) is 8.76. The molecule has 22 heavy (non-hydrogen) atoms. The Balaban J connectivity index is 1.66. The summed E-state index contributed by atoms with van der Waals surface area (Å²) in [4.78, 5) is 9.33. The predicted molar refractivity (Wildman–Crippen MR) is 93.2 cm³/mol. The van der Waals surface area contributed by atoms with E-state index >= 15 is 0 Å². The zero-order valence-electron chi connectivity index (χ0n) is 13.8. The fourth-order valence-electron chi connectivity index (χ4n) is 2.64. The van der Waals surface area contributed by atoms with Gasteiger partial charge in [-0.15, -0.1) is 0 Å². The summed E-state index contributed by atoms with van der Waals surface area (Å²) in [6.07, 6.45) is 0.963. The highest BCUT2D eigenvalue weighted by Gasteiger charge is 2.18. The molecule has 0 aromatic heterocycles. The van der Waals surface area contributed by atoms with Crippen LogP contribution in [0.4, 0.5) is 0 Å². The van der Waals surface area contributed by atoms with E-state index in [0.29, 0.717) is 12.0 Å². The maximum atomic E-state index is 5.95. The summed E-state index contributed by atoms with van der Waals surface area (Å²) >= 11 is 0. The van der Waals surface area contributed by atoms with Crippen molar-refractivity contribution in [2.24, 2.45) is 10.7 Å². The molecular weight excluding hydrogens is 274 g/mol. The van der Waals surface area contributed by atoms with Gasteiger partial charge in [-0.1, -0.05) is 30.3 Å². The Morgan fingerprint density at radius 1 is 1.23 bits per heavy atom. The number of hydrogen-bond donors (Lipinski definition) is 2. The molecule has 0 spiro atoms. The van der Waals surface area contributed by atoms with E-state index in [1.807, 2.05) is 6.07 Å². The molecule has 5 nitrogen and oxygen atoms in total. The normalized spacial score (nSPS) is 19.1. The van der Waals surface area contributed by atoms with Crippen LogP contribution in [0.1, 0.15) is 12.5 Å². The molecule has 3 N–H and O–H groups in total. The van der Waals surface area contributed by atoms with E-state index < -0.39 is 0 Å². The average Bonchev–Trinajstić information content (AvgIpc) is 2.54. The van der Waals surface area contributed by atoms with Crippen molar-refractivity contribution >= 4 is 5.96 Å². The summed E-state index contributed by atoms with van der Waals surface area (Å²) in [6.45, 7) is 8.32. The molecule has 1 aliphatic heterocycles. The van der Waals surface area contributed by atoms with Crippen molar-refractivity contribution in [3.63, 3.8) is 0 Å². The molecule has 0 bridgehead atoms. The van der Waals surface area contributed by atoms with Crippen LogP contribution in [0.25, 0.3) is 0 Å². The molecule has 1 aromatic rings. The van der Waals surface area contributed by atoms with Gasteiger partial charge >= 0.3 is 0 Å². The summed E-state index contributed by atoms with van der Waals surface area (Å²) in [7, 11) is 2.18. The summed E-state index contributed by atoms with van der Waals surface area (Å²) in [5, 5.41) is 3.20. The lowest BCUT2D eigenvalue weighted by molar-refractivity contribution is 0.122. The third-order valence-corrected chi connectivity index (χ3v) is 4.25.